The topological polar surface area (TPSA) is 15.3 Å². The van der Waals surface area contributed by atoms with Crippen molar-refractivity contribution in [2.75, 3.05) is 20.1 Å². The lowest BCUT2D eigenvalue weighted by Crippen LogP contribution is -2.43. The summed E-state index contributed by atoms with van der Waals surface area (Å²) >= 11 is 0. The molecule has 2 nitrogen and oxygen atoms in total. The Labute approximate surface area is 70.0 Å². The summed E-state index contributed by atoms with van der Waals surface area (Å²) in [5.74, 6) is 0. The molecule has 0 amide bonds. The standard InChI is InChI=1S/C9H20N2/c1-8(2)11-6-5-9(3,7-11)10-4/h8,10H,5-7H2,1-4H3/t9-/m0/s1. The van der Waals surface area contributed by atoms with E-state index >= 15 is 0 Å². The summed E-state index contributed by atoms with van der Waals surface area (Å²) in [6, 6.07) is 0.699. The van der Waals surface area contributed by atoms with E-state index in [1.54, 1.807) is 0 Å². The van der Waals surface area contributed by atoms with E-state index < -0.39 is 0 Å². The molecule has 0 aromatic carbocycles. The van der Waals surface area contributed by atoms with Gasteiger partial charge in [0.15, 0.2) is 0 Å². The van der Waals surface area contributed by atoms with Gasteiger partial charge in [-0.25, -0.2) is 0 Å². The van der Waals surface area contributed by atoms with Gasteiger partial charge in [0.2, 0.25) is 0 Å². The fraction of sp³-hybridized carbons (Fsp3) is 1.00. The van der Waals surface area contributed by atoms with Crippen molar-refractivity contribution in [1.29, 1.82) is 0 Å². The van der Waals surface area contributed by atoms with Crippen LogP contribution in [0.5, 0.6) is 0 Å². The third-order valence-corrected chi connectivity index (χ3v) is 2.84. The van der Waals surface area contributed by atoms with Gasteiger partial charge in [-0.1, -0.05) is 0 Å². The largest absolute Gasteiger partial charge is 0.313 e. The molecule has 1 rings (SSSR count). The van der Waals surface area contributed by atoms with E-state index in [1.807, 2.05) is 0 Å². The Bertz CT molecular complexity index is 134. The van der Waals surface area contributed by atoms with Gasteiger partial charge < -0.3 is 5.32 Å². The van der Waals surface area contributed by atoms with E-state index in [2.05, 4.69) is 38.0 Å². The van der Waals surface area contributed by atoms with Crippen LogP contribution in [0.1, 0.15) is 27.2 Å². The molecule has 1 aliphatic rings. The normalized spacial score (nSPS) is 33.5. The quantitative estimate of drug-likeness (QED) is 0.643. The van der Waals surface area contributed by atoms with Crippen molar-refractivity contribution in [2.24, 2.45) is 0 Å². The van der Waals surface area contributed by atoms with Crippen LogP contribution >= 0.6 is 0 Å². The van der Waals surface area contributed by atoms with Crippen molar-refractivity contribution in [3.8, 4) is 0 Å². The summed E-state index contributed by atoms with van der Waals surface area (Å²) in [6.45, 7) is 9.27. The van der Waals surface area contributed by atoms with E-state index in [1.165, 1.54) is 19.5 Å². The Balaban J connectivity index is 2.46. The van der Waals surface area contributed by atoms with Crippen molar-refractivity contribution >= 4 is 0 Å². The number of likely N-dealkylation sites (tertiary alicyclic amines) is 1. The lowest BCUT2D eigenvalue weighted by Gasteiger charge is -2.25. The lowest BCUT2D eigenvalue weighted by atomic mass is 10.0. The molecular formula is C9H20N2. The highest BCUT2D eigenvalue weighted by atomic mass is 15.2. The van der Waals surface area contributed by atoms with Crippen LogP contribution < -0.4 is 5.32 Å². The maximum Gasteiger partial charge on any atom is 0.0289 e. The fourth-order valence-corrected chi connectivity index (χ4v) is 1.64. The monoisotopic (exact) mass is 156 g/mol. The minimum atomic E-state index is 0.365. The first kappa shape index (κ1) is 9.01. The van der Waals surface area contributed by atoms with Crippen LogP contribution in [-0.2, 0) is 0 Å². The Hall–Kier alpha value is -0.0800. The van der Waals surface area contributed by atoms with E-state index in [0.29, 0.717) is 11.6 Å². The highest BCUT2D eigenvalue weighted by molar-refractivity contribution is 4.93. The van der Waals surface area contributed by atoms with Crippen molar-refractivity contribution in [3.63, 3.8) is 0 Å². The first-order valence-electron chi connectivity index (χ1n) is 4.50. The maximum atomic E-state index is 3.38. The average Bonchev–Trinajstić information content (AvgIpc) is 2.33. The highest BCUT2D eigenvalue weighted by Gasteiger charge is 2.32. The summed E-state index contributed by atoms with van der Waals surface area (Å²) in [7, 11) is 2.06. The molecular weight excluding hydrogens is 136 g/mol. The van der Waals surface area contributed by atoms with Gasteiger partial charge in [0, 0.05) is 24.7 Å². The summed E-state index contributed by atoms with van der Waals surface area (Å²) in [5, 5.41) is 3.38. The molecule has 1 aliphatic heterocycles. The summed E-state index contributed by atoms with van der Waals surface area (Å²) in [5.41, 5.74) is 0.365. The molecule has 0 spiro atoms. The molecule has 1 heterocycles. The molecule has 66 valence electrons. The summed E-state index contributed by atoms with van der Waals surface area (Å²) in [4.78, 5) is 2.52. The number of hydrogen-bond donors (Lipinski definition) is 1. The molecule has 0 bridgehead atoms. The van der Waals surface area contributed by atoms with Gasteiger partial charge in [-0.15, -0.1) is 0 Å². The second kappa shape index (κ2) is 3.11. The molecule has 0 aromatic rings. The van der Waals surface area contributed by atoms with Crippen molar-refractivity contribution in [3.05, 3.63) is 0 Å². The average molecular weight is 156 g/mol. The summed E-state index contributed by atoms with van der Waals surface area (Å²) < 4.78 is 0. The second-order valence-electron chi connectivity index (χ2n) is 4.12. The van der Waals surface area contributed by atoms with Crippen LogP contribution in [0.4, 0.5) is 0 Å². The third-order valence-electron chi connectivity index (χ3n) is 2.84. The van der Waals surface area contributed by atoms with Crippen LogP contribution in [0.15, 0.2) is 0 Å². The van der Waals surface area contributed by atoms with Crippen molar-refractivity contribution in [2.45, 2.75) is 38.8 Å². The second-order valence-corrected chi connectivity index (χ2v) is 4.12. The zero-order valence-corrected chi connectivity index (χ0v) is 8.15. The molecule has 2 heteroatoms. The van der Waals surface area contributed by atoms with Gasteiger partial charge in [-0.3, -0.25) is 4.90 Å². The van der Waals surface area contributed by atoms with Crippen molar-refractivity contribution in [1.82, 2.24) is 10.2 Å². The smallest absolute Gasteiger partial charge is 0.0289 e. The number of hydrogen-bond acceptors (Lipinski definition) is 2. The molecule has 0 unspecified atom stereocenters. The third kappa shape index (κ3) is 1.94. The van der Waals surface area contributed by atoms with Crippen LogP contribution in [0.2, 0.25) is 0 Å². The van der Waals surface area contributed by atoms with E-state index in [9.17, 15) is 0 Å². The number of likely N-dealkylation sites (N-methyl/N-ethyl adjacent to an activating group) is 1. The molecule has 1 N–H and O–H groups in total. The lowest BCUT2D eigenvalue weighted by molar-refractivity contribution is 0.251. The Kier molecular flexibility index (Phi) is 2.55. The van der Waals surface area contributed by atoms with Gasteiger partial charge in [0.05, 0.1) is 0 Å². The number of nitrogens with zero attached hydrogens (tertiary/aromatic N) is 1. The SMILES string of the molecule is CN[C@@]1(C)CCN(C(C)C)C1. The van der Waals surface area contributed by atoms with E-state index in [0.717, 1.165) is 0 Å². The van der Waals surface area contributed by atoms with Crippen LogP contribution in [-0.4, -0.2) is 36.6 Å². The molecule has 0 saturated carbocycles. The Morgan fingerprint density at radius 2 is 2.09 bits per heavy atom. The van der Waals surface area contributed by atoms with Gasteiger partial charge in [0.25, 0.3) is 0 Å². The maximum absolute atomic E-state index is 3.38. The number of nitrogens with one attached hydrogen (secondary N) is 1. The molecule has 1 fully saturated rings. The molecule has 11 heavy (non-hydrogen) atoms. The van der Waals surface area contributed by atoms with Crippen LogP contribution in [0, 0.1) is 0 Å². The minimum absolute atomic E-state index is 0.365. The zero-order valence-electron chi connectivity index (χ0n) is 8.15. The zero-order chi connectivity index (χ0) is 8.48. The molecule has 0 aliphatic carbocycles. The van der Waals surface area contributed by atoms with Crippen LogP contribution in [0.3, 0.4) is 0 Å². The Morgan fingerprint density at radius 1 is 1.45 bits per heavy atom. The molecule has 0 radical (unpaired) electrons. The minimum Gasteiger partial charge on any atom is -0.313 e. The first-order valence-corrected chi connectivity index (χ1v) is 4.50. The van der Waals surface area contributed by atoms with Gasteiger partial charge in [-0.2, -0.15) is 0 Å². The van der Waals surface area contributed by atoms with E-state index in [4.69, 9.17) is 0 Å². The predicted octanol–water partition coefficient (Wildman–Crippen LogP) is 1.08. The van der Waals surface area contributed by atoms with Gasteiger partial charge in [0.1, 0.15) is 0 Å². The molecule has 1 atom stereocenters. The van der Waals surface area contributed by atoms with Crippen molar-refractivity contribution < 1.29 is 0 Å². The summed E-state index contributed by atoms with van der Waals surface area (Å²) in [6.07, 6.45) is 1.28. The first-order chi connectivity index (χ1) is 5.07. The van der Waals surface area contributed by atoms with E-state index in [-0.39, 0.29) is 0 Å². The highest BCUT2D eigenvalue weighted by Crippen LogP contribution is 2.21. The molecule has 1 saturated heterocycles. The fourth-order valence-electron chi connectivity index (χ4n) is 1.64. The van der Waals surface area contributed by atoms with Gasteiger partial charge >= 0.3 is 0 Å². The molecule has 0 aromatic heterocycles. The number of rotatable bonds is 2. The predicted molar refractivity (Wildman–Crippen MR) is 48.8 cm³/mol. The Morgan fingerprint density at radius 3 is 2.36 bits per heavy atom. The van der Waals surface area contributed by atoms with Gasteiger partial charge in [-0.05, 0) is 34.2 Å². The van der Waals surface area contributed by atoms with Crippen LogP contribution in [0.25, 0.3) is 0 Å².